The van der Waals surface area contributed by atoms with Crippen molar-refractivity contribution in [2.45, 2.75) is 31.0 Å². The number of likely N-dealkylation sites (N-methyl/N-ethyl adjacent to an activating group) is 1. The number of hydrogen-bond donors (Lipinski definition) is 1. The summed E-state index contributed by atoms with van der Waals surface area (Å²) in [7, 11) is 2.16. The maximum Gasteiger partial charge on any atom is 0.253 e. The summed E-state index contributed by atoms with van der Waals surface area (Å²) in [4.78, 5) is 19.8. The number of fused-ring (bicyclic) bond motifs is 3. The molecule has 3 atom stereocenters. The lowest BCUT2D eigenvalue weighted by Crippen LogP contribution is -2.59. The van der Waals surface area contributed by atoms with Crippen molar-refractivity contribution in [1.82, 2.24) is 19.8 Å². The van der Waals surface area contributed by atoms with Crippen LogP contribution in [0.15, 0.2) is 55.0 Å². The van der Waals surface area contributed by atoms with Crippen molar-refractivity contribution in [3.63, 3.8) is 0 Å². The SMILES string of the molecule is CN1[C@@H]2COC[C@H]1CC(NC(=O)c1cn(-c3cccnc3)c3ccccc13)C2. The lowest BCUT2D eigenvalue weighted by Gasteiger charge is -2.46. The molecular weight excluding hydrogens is 352 g/mol. The topological polar surface area (TPSA) is 59.4 Å². The molecule has 2 fully saturated rings. The van der Waals surface area contributed by atoms with Gasteiger partial charge in [-0.05, 0) is 38.1 Å². The molecule has 6 nitrogen and oxygen atoms in total. The number of carbonyl (C=O) groups excluding carboxylic acids is 1. The molecule has 6 heteroatoms. The number of piperidine rings is 1. The van der Waals surface area contributed by atoms with E-state index in [2.05, 4.69) is 22.2 Å². The third-order valence-electron chi connectivity index (χ3n) is 6.10. The average Bonchev–Trinajstić information content (AvgIpc) is 3.09. The molecule has 144 valence electrons. The number of pyridine rings is 1. The molecule has 2 bridgehead atoms. The van der Waals surface area contributed by atoms with Crippen LogP contribution >= 0.6 is 0 Å². The number of benzene rings is 1. The van der Waals surface area contributed by atoms with E-state index in [9.17, 15) is 4.79 Å². The fourth-order valence-electron chi connectivity index (χ4n) is 4.55. The Morgan fingerprint density at radius 3 is 2.68 bits per heavy atom. The number of hydrogen-bond acceptors (Lipinski definition) is 4. The molecule has 2 saturated heterocycles. The van der Waals surface area contributed by atoms with Gasteiger partial charge in [-0.25, -0.2) is 0 Å². The first kappa shape index (κ1) is 17.4. The van der Waals surface area contributed by atoms with E-state index in [1.165, 1.54) is 0 Å². The van der Waals surface area contributed by atoms with Gasteiger partial charge >= 0.3 is 0 Å². The summed E-state index contributed by atoms with van der Waals surface area (Å²) in [6, 6.07) is 12.9. The van der Waals surface area contributed by atoms with Crippen molar-refractivity contribution in [1.29, 1.82) is 0 Å². The molecule has 4 heterocycles. The number of ether oxygens (including phenoxy) is 1. The Bertz CT molecular complexity index is 986. The van der Waals surface area contributed by atoms with E-state index in [4.69, 9.17) is 4.74 Å². The number of amides is 1. The second-order valence-electron chi connectivity index (χ2n) is 7.79. The summed E-state index contributed by atoms with van der Waals surface area (Å²) in [5, 5.41) is 4.25. The van der Waals surface area contributed by atoms with Gasteiger partial charge in [-0.3, -0.25) is 14.7 Å². The van der Waals surface area contributed by atoms with Crippen LogP contribution in [0.4, 0.5) is 0 Å². The van der Waals surface area contributed by atoms with Gasteiger partial charge in [0, 0.05) is 35.9 Å². The fourth-order valence-corrected chi connectivity index (χ4v) is 4.55. The molecule has 0 radical (unpaired) electrons. The Labute approximate surface area is 164 Å². The summed E-state index contributed by atoms with van der Waals surface area (Å²) < 4.78 is 7.73. The number of aromatic nitrogens is 2. The molecule has 28 heavy (non-hydrogen) atoms. The summed E-state index contributed by atoms with van der Waals surface area (Å²) >= 11 is 0. The van der Waals surface area contributed by atoms with E-state index in [1.807, 2.05) is 53.4 Å². The van der Waals surface area contributed by atoms with Crippen LogP contribution in [0.3, 0.4) is 0 Å². The maximum absolute atomic E-state index is 13.2. The molecule has 3 aromatic rings. The average molecular weight is 376 g/mol. The molecule has 1 aromatic carbocycles. The highest BCUT2D eigenvalue weighted by Crippen LogP contribution is 2.28. The third kappa shape index (κ3) is 2.99. The van der Waals surface area contributed by atoms with Gasteiger partial charge in [-0.2, -0.15) is 0 Å². The van der Waals surface area contributed by atoms with E-state index >= 15 is 0 Å². The fraction of sp³-hybridized carbons (Fsp3) is 0.364. The highest BCUT2D eigenvalue weighted by Gasteiger charge is 2.37. The standard InChI is InChI=1S/C22H24N4O2/c1-25-17-9-15(10-18(25)14-28-13-17)24-22(27)20-12-26(16-5-4-8-23-11-16)21-7-3-2-6-19(20)21/h2-8,11-12,15,17-18H,9-10,13-14H2,1H3,(H,24,27)/t15?,17-,18+. The molecule has 2 aromatic heterocycles. The first-order chi connectivity index (χ1) is 13.7. The van der Waals surface area contributed by atoms with E-state index in [-0.39, 0.29) is 11.9 Å². The van der Waals surface area contributed by atoms with Crippen LogP contribution in [-0.2, 0) is 4.74 Å². The van der Waals surface area contributed by atoms with Gasteiger partial charge in [0.25, 0.3) is 5.91 Å². The summed E-state index contributed by atoms with van der Waals surface area (Å²) in [6.07, 6.45) is 7.35. The Hall–Kier alpha value is -2.70. The van der Waals surface area contributed by atoms with Gasteiger partial charge in [-0.15, -0.1) is 0 Å². The molecule has 0 spiro atoms. The molecule has 1 amide bonds. The van der Waals surface area contributed by atoms with Crippen molar-refractivity contribution in [2.24, 2.45) is 0 Å². The Morgan fingerprint density at radius 1 is 1.14 bits per heavy atom. The molecule has 2 aliphatic rings. The highest BCUT2D eigenvalue weighted by molar-refractivity contribution is 6.07. The Kier molecular flexibility index (Phi) is 4.37. The van der Waals surface area contributed by atoms with Crippen LogP contribution < -0.4 is 5.32 Å². The van der Waals surface area contributed by atoms with Crippen molar-refractivity contribution in [2.75, 3.05) is 20.3 Å². The minimum Gasteiger partial charge on any atom is -0.378 e. The van der Waals surface area contributed by atoms with Crippen LogP contribution in [0.1, 0.15) is 23.2 Å². The van der Waals surface area contributed by atoms with Crippen LogP contribution in [0.2, 0.25) is 0 Å². The smallest absolute Gasteiger partial charge is 0.253 e. The Balaban J connectivity index is 1.44. The predicted molar refractivity (Wildman–Crippen MR) is 108 cm³/mol. The van der Waals surface area contributed by atoms with E-state index in [0.29, 0.717) is 17.6 Å². The lowest BCUT2D eigenvalue weighted by atomic mass is 9.90. The minimum absolute atomic E-state index is 0.00705. The quantitative estimate of drug-likeness (QED) is 0.763. The molecule has 2 aliphatic heterocycles. The van der Waals surface area contributed by atoms with E-state index < -0.39 is 0 Å². The highest BCUT2D eigenvalue weighted by atomic mass is 16.5. The van der Waals surface area contributed by atoms with Gasteiger partial charge in [-0.1, -0.05) is 18.2 Å². The lowest BCUT2D eigenvalue weighted by molar-refractivity contribution is -0.0670. The summed E-state index contributed by atoms with van der Waals surface area (Å²) in [6.45, 7) is 1.50. The van der Waals surface area contributed by atoms with Crippen molar-refractivity contribution < 1.29 is 9.53 Å². The molecule has 0 aliphatic carbocycles. The maximum atomic E-state index is 13.2. The number of para-hydroxylation sites is 1. The Morgan fingerprint density at radius 2 is 1.93 bits per heavy atom. The van der Waals surface area contributed by atoms with Crippen LogP contribution in [0.25, 0.3) is 16.6 Å². The molecule has 1 N–H and O–H groups in total. The van der Waals surface area contributed by atoms with Gasteiger partial charge in [0.05, 0.1) is 36.2 Å². The zero-order valence-corrected chi connectivity index (χ0v) is 15.9. The van der Waals surface area contributed by atoms with Gasteiger partial charge in [0.2, 0.25) is 0 Å². The first-order valence-electron chi connectivity index (χ1n) is 9.82. The number of rotatable bonds is 3. The van der Waals surface area contributed by atoms with Crippen molar-refractivity contribution in [3.05, 3.63) is 60.6 Å². The van der Waals surface area contributed by atoms with Crippen LogP contribution in [0, 0.1) is 0 Å². The van der Waals surface area contributed by atoms with Crippen LogP contribution in [0.5, 0.6) is 0 Å². The predicted octanol–water partition coefficient (Wildman–Crippen LogP) is 2.62. The second-order valence-corrected chi connectivity index (χ2v) is 7.79. The molecule has 5 rings (SSSR count). The number of morpholine rings is 1. The number of nitrogens with one attached hydrogen (secondary N) is 1. The minimum atomic E-state index is -0.00705. The van der Waals surface area contributed by atoms with Crippen molar-refractivity contribution in [3.8, 4) is 5.69 Å². The third-order valence-corrected chi connectivity index (χ3v) is 6.10. The zero-order chi connectivity index (χ0) is 19.1. The van der Waals surface area contributed by atoms with Gasteiger partial charge in [0.15, 0.2) is 0 Å². The monoisotopic (exact) mass is 376 g/mol. The first-order valence-corrected chi connectivity index (χ1v) is 9.82. The van der Waals surface area contributed by atoms with Gasteiger partial charge in [0.1, 0.15) is 0 Å². The molecular formula is C22H24N4O2. The molecule has 0 saturated carbocycles. The number of carbonyl (C=O) groups is 1. The summed E-state index contributed by atoms with van der Waals surface area (Å²) in [5.74, 6) is -0.00705. The van der Waals surface area contributed by atoms with Crippen LogP contribution in [-0.4, -0.2) is 58.7 Å². The number of nitrogens with zero attached hydrogens (tertiary/aromatic N) is 3. The molecule has 1 unspecified atom stereocenters. The zero-order valence-electron chi connectivity index (χ0n) is 15.9. The van der Waals surface area contributed by atoms with Crippen molar-refractivity contribution >= 4 is 16.8 Å². The van der Waals surface area contributed by atoms with E-state index in [0.717, 1.165) is 42.6 Å². The second kappa shape index (κ2) is 7.04. The normalized spacial score (nSPS) is 25.0. The van der Waals surface area contributed by atoms with E-state index in [1.54, 1.807) is 6.20 Å². The summed E-state index contributed by atoms with van der Waals surface area (Å²) in [5.41, 5.74) is 2.66. The van der Waals surface area contributed by atoms with Gasteiger partial charge < -0.3 is 14.6 Å². The largest absolute Gasteiger partial charge is 0.378 e.